The molecule has 2 atom stereocenters. The van der Waals surface area contributed by atoms with Gasteiger partial charge in [-0.1, -0.05) is 6.92 Å². The Balaban J connectivity index is 1.74. The maximum Gasteiger partial charge on any atom is 0.287 e. The van der Waals surface area contributed by atoms with Gasteiger partial charge in [0.25, 0.3) is 5.91 Å². The maximum absolute atomic E-state index is 11.9. The minimum absolute atomic E-state index is 0.168. The molecule has 0 bridgehead atoms. The maximum atomic E-state index is 11.9. The molecule has 112 valence electrons. The van der Waals surface area contributed by atoms with Gasteiger partial charge in [-0.3, -0.25) is 4.79 Å². The number of nitrogens with zero attached hydrogens (tertiary/aromatic N) is 1. The molecule has 2 rings (SSSR count). The molecule has 1 aromatic heterocycles. The quantitative estimate of drug-likeness (QED) is 0.850. The summed E-state index contributed by atoms with van der Waals surface area (Å²) in [6.07, 6.45) is 2.57. The molecule has 1 fully saturated rings. The number of alkyl halides is 1. The molecule has 0 radical (unpaired) electrons. The normalized spacial score (nSPS) is 21.6. The van der Waals surface area contributed by atoms with Gasteiger partial charge >= 0.3 is 0 Å². The number of hydrogen-bond acceptors (Lipinski definition) is 3. The SMILES string of the molecule is CC1CCCN(CCNC(=O)c2ccc(C(C)Cl)o2)C1. The number of likely N-dealkylation sites (tertiary alicyclic amines) is 1. The largest absolute Gasteiger partial charge is 0.454 e. The van der Waals surface area contributed by atoms with Gasteiger partial charge in [0.1, 0.15) is 5.76 Å². The highest BCUT2D eigenvalue weighted by Gasteiger charge is 2.17. The lowest BCUT2D eigenvalue weighted by atomic mass is 10.0. The monoisotopic (exact) mass is 298 g/mol. The molecule has 1 N–H and O–H groups in total. The van der Waals surface area contributed by atoms with E-state index in [0.717, 1.165) is 25.6 Å². The van der Waals surface area contributed by atoms with E-state index in [-0.39, 0.29) is 11.3 Å². The third kappa shape index (κ3) is 4.25. The van der Waals surface area contributed by atoms with Gasteiger partial charge in [-0.2, -0.15) is 0 Å². The van der Waals surface area contributed by atoms with Crippen molar-refractivity contribution in [2.75, 3.05) is 26.2 Å². The van der Waals surface area contributed by atoms with Crippen molar-refractivity contribution in [1.82, 2.24) is 10.2 Å². The Morgan fingerprint density at radius 2 is 2.40 bits per heavy atom. The van der Waals surface area contributed by atoms with E-state index in [2.05, 4.69) is 17.1 Å². The number of carbonyl (C=O) groups is 1. The summed E-state index contributed by atoms with van der Waals surface area (Å²) in [5.41, 5.74) is 0. The van der Waals surface area contributed by atoms with Crippen LogP contribution in [0.2, 0.25) is 0 Å². The van der Waals surface area contributed by atoms with Crippen molar-refractivity contribution in [3.8, 4) is 0 Å². The molecule has 1 saturated heterocycles. The van der Waals surface area contributed by atoms with Gasteiger partial charge in [0.15, 0.2) is 5.76 Å². The van der Waals surface area contributed by atoms with Crippen LogP contribution in [0.5, 0.6) is 0 Å². The molecule has 0 aliphatic carbocycles. The summed E-state index contributed by atoms with van der Waals surface area (Å²) >= 11 is 5.91. The summed E-state index contributed by atoms with van der Waals surface area (Å²) in [6, 6.07) is 3.42. The average molecular weight is 299 g/mol. The standard InChI is InChI=1S/C15H23ClN2O2/c1-11-4-3-8-18(10-11)9-7-17-15(19)14-6-5-13(20-14)12(2)16/h5-6,11-12H,3-4,7-10H2,1-2H3,(H,17,19). The van der Waals surface area contributed by atoms with Crippen molar-refractivity contribution >= 4 is 17.5 Å². The van der Waals surface area contributed by atoms with Crippen molar-refractivity contribution < 1.29 is 9.21 Å². The highest BCUT2D eigenvalue weighted by atomic mass is 35.5. The average Bonchev–Trinajstić information content (AvgIpc) is 2.88. The van der Waals surface area contributed by atoms with E-state index in [1.165, 1.54) is 12.8 Å². The second-order valence-electron chi connectivity index (χ2n) is 5.62. The molecule has 2 heterocycles. The fraction of sp³-hybridized carbons (Fsp3) is 0.667. The summed E-state index contributed by atoms with van der Waals surface area (Å²) in [7, 11) is 0. The van der Waals surface area contributed by atoms with E-state index >= 15 is 0 Å². The number of furan rings is 1. The van der Waals surface area contributed by atoms with E-state index in [1.54, 1.807) is 12.1 Å². The molecule has 1 aliphatic heterocycles. The highest BCUT2D eigenvalue weighted by molar-refractivity contribution is 6.20. The van der Waals surface area contributed by atoms with E-state index < -0.39 is 0 Å². The molecule has 0 aromatic carbocycles. The fourth-order valence-corrected chi connectivity index (χ4v) is 2.71. The lowest BCUT2D eigenvalue weighted by Crippen LogP contribution is -2.40. The Morgan fingerprint density at radius 3 is 3.05 bits per heavy atom. The van der Waals surface area contributed by atoms with E-state index in [4.69, 9.17) is 16.0 Å². The van der Waals surface area contributed by atoms with Crippen LogP contribution in [0.4, 0.5) is 0 Å². The van der Waals surface area contributed by atoms with Gasteiger partial charge in [0.2, 0.25) is 0 Å². The molecule has 5 heteroatoms. The lowest BCUT2D eigenvalue weighted by molar-refractivity contribution is 0.0914. The smallest absolute Gasteiger partial charge is 0.287 e. The molecular formula is C15H23ClN2O2. The van der Waals surface area contributed by atoms with Gasteiger partial charge in [-0.25, -0.2) is 0 Å². The van der Waals surface area contributed by atoms with E-state index in [9.17, 15) is 4.79 Å². The summed E-state index contributed by atoms with van der Waals surface area (Å²) < 4.78 is 5.41. The topological polar surface area (TPSA) is 45.5 Å². The molecule has 2 unspecified atom stereocenters. The zero-order chi connectivity index (χ0) is 14.5. The summed E-state index contributed by atoms with van der Waals surface area (Å²) in [6.45, 7) is 7.91. The van der Waals surface area contributed by atoms with Crippen LogP contribution in [0.25, 0.3) is 0 Å². The zero-order valence-corrected chi connectivity index (χ0v) is 12.9. The minimum atomic E-state index is -0.216. The van der Waals surface area contributed by atoms with Crippen LogP contribution in [0.3, 0.4) is 0 Å². The molecule has 4 nitrogen and oxygen atoms in total. The van der Waals surface area contributed by atoms with Crippen LogP contribution in [-0.4, -0.2) is 37.0 Å². The summed E-state index contributed by atoms with van der Waals surface area (Å²) in [4.78, 5) is 14.3. The molecule has 1 aliphatic rings. The number of piperidine rings is 1. The summed E-state index contributed by atoms with van der Waals surface area (Å²) in [5.74, 6) is 1.55. The lowest BCUT2D eigenvalue weighted by Gasteiger charge is -2.30. The number of hydrogen-bond donors (Lipinski definition) is 1. The van der Waals surface area contributed by atoms with Crippen molar-refractivity contribution in [2.45, 2.75) is 32.1 Å². The molecule has 1 aromatic rings. The van der Waals surface area contributed by atoms with Gasteiger partial charge in [-0.05, 0) is 44.4 Å². The van der Waals surface area contributed by atoms with Crippen LogP contribution in [-0.2, 0) is 0 Å². The second-order valence-corrected chi connectivity index (χ2v) is 6.28. The first-order valence-electron chi connectivity index (χ1n) is 7.30. The van der Waals surface area contributed by atoms with Crippen LogP contribution >= 0.6 is 11.6 Å². The van der Waals surface area contributed by atoms with Gasteiger partial charge in [0.05, 0.1) is 5.38 Å². The van der Waals surface area contributed by atoms with Gasteiger partial charge in [0, 0.05) is 19.6 Å². The number of rotatable bonds is 5. The number of nitrogens with one attached hydrogen (secondary N) is 1. The Labute approximate surface area is 125 Å². The first-order valence-corrected chi connectivity index (χ1v) is 7.74. The van der Waals surface area contributed by atoms with Crippen LogP contribution < -0.4 is 5.32 Å². The third-order valence-electron chi connectivity index (χ3n) is 3.70. The highest BCUT2D eigenvalue weighted by Crippen LogP contribution is 2.21. The molecule has 0 saturated carbocycles. The molecule has 20 heavy (non-hydrogen) atoms. The predicted octanol–water partition coefficient (Wildman–Crippen LogP) is 3.04. The van der Waals surface area contributed by atoms with Crippen molar-refractivity contribution in [3.63, 3.8) is 0 Å². The van der Waals surface area contributed by atoms with E-state index in [1.807, 2.05) is 6.92 Å². The third-order valence-corrected chi connectivity index (χ3v) is 3.91. The number of carbonyl (C=O) groups excluding carboxylic acids is 1. The molecular weight excluding hydrogens is 276 g/mol. The first-order chi connectivity index (χ1) is 9.56. The Hall–Kier alpha value is -1.00. The van der Waals surface area contributed by atoms with Crippen LogP contribution in [0.15, 0.2) is 16.5 Å². The van der Waals surface area contributed by atoms with Crippen molar-refractivity contribution in [2.24, 2.45) is 5.92 Å². The molecule has 0 spiro atoms. The van der Waals surface area contributed by atoms with Gasteiger partial charge < -0.3 is 14.6 Å². The Kier molecular flexibility index (Phi) is 5.49. The zero-order valence-electron chi connectivity index (χ0n) is 12.2. The minimum Gasteiger partial charge on any atom is -0.454 e. The van der Waals surface area contributed by atoms with E-state index in [0.29, 0.717) is 18.1 Å². The van der Waals surface area contributed by atoms with Crippen LogP contribution in [0.1, 0.15) is 48.4 Å². The Morgan fingerprint density at radius 1 is 1.60 bits per heavy atom. The summed E-state index contributed by atoms with van der Waals surface area (Å²) in [5, 5.41) is 2.68. The predicted molar refractivity (Wildman–Crippen MR) is 80.1 cm³/mol. The number of halogens is 1. The van der Waals surface area contributed by atoms with Gasteiger partial charge in [-0.15, -0.1) is 11.6 Å². The first kappa shape index (κ1) is 15.4. The molecule has 1 amide bonds. The fourth-order valence-electron chi connectivity index (χ4n) is 2.59. The van der Waals surface area contributed by atoms with Crippen molar-refractivity contribution in [3.05, 3.63) is 23.7 Å². The van der Waals surface area contributed by atoms with Crippen molar-refractivity contribution in [1.29, 1.82) is 0 Å². The number of amides is 1. The Bertz CT molecular complexity index is 445. The van der Waals surface area contributed by atoms with Crippen LogP contribution in [0, 0.1) is 5.92 Å². The second kappa shape index (κ2) is 7.14.